The first-order chi connectivity index (χ1) is 10.3. The molecule has 5 nitrogen and oxygen atoms in total. The minimum absolute atomic E-state index is 0.295. The zero-order chi connectivity index (χ0) is 14.5. The number of aliphatic hydroxyl groups excluding tert-OH is 1. The predicted octanol–water partition coefficient (Wildman–Crippen LogP) is 2.88. The topological polar surface area (TPSA) is 71.2 Å². The fourth-order valence-corrected chi connectivity index (χ4v) is 1.98. The quantitative estimate of drug-likeness (QED) is 0.752. The van der Waals surface area contributed by atoms with Crippen LogP contribution in [0.25, 0.3) is 11.4 Å². The molecule has 2 aromatic carbocycles. The fraction of sp³-hybridized carbons (Fsp3) is 0.125. The van der Waals surface area contributed by atoms with Crippen LogP contribution in [-0.2, 0) is 0 Å². The molecule has 106 valence electrons. The Morgan fingerprint density at radius 3 is 2.38 bits per heavy atom. The summed E-state index contributed by atoms with van der Waals surface area (Å²) in [6.07, 6.45) is -0.627. The van der Waals surface area contributed by atoms with Crippen LogP contribution in [0.15, 0.2) is 65.2 Å². The Kier molecular flexibility index (Phi) is 3.93. The molecule has 0 spiro atoms. The van der Waals surface area contributed by atoms with E-state index in [-0.39, 0.29) is 0 Å². The molecule has 0 unspecified atom stereocenters. The number of rotatable bonds is 5. The second-order valence-corrected chi connectivity index (χ2v) is 4.60. The Hall–Kier alpha value is -2.66. The minimum atomic E-state index is -0.627. The van der Waals surface area contributed by atoms with E-state index >= 15 is 0 Å². The van der Waals surface area contributed by atoms with Crippen molar-refractivity contribution in [2.24, 2.45) is 0 Å². The van der Waals surface area contributed by atoms with E-state index in [2.05, 4.69) is 15.5 Å². The van der Waals surface area contributed by atoms with E-state index in [4.69, 9.17) is 4.52 Å². The van der Waals surface area contributed by atoms with Crippen LogP contribution in [0.2, 0.25) is 0 Å². The summed E-state index contributed by atoms with van der Waals surface area (Å²) in [4.78, 5) is 4.25. The highest BCUT2D eigenvalue weighted by molar-refractivity contribution is 5.54. The Bertz CT molecular complexity index is 683. The van der Waals surface area contributed by atoms with Crippen LogP contribution in [0.3, 0.4) is 0 Å². The number of hydrogen-bond acceptors (Lipinski definition) is 5. The smallest absolute Gasteiger partial charge is 0.321 e. The first-order valence-corrected chi connectivity index (χ1v) is 6.69. The Morgan fingerprint density at radius 2 is 1.67 bits per heavy atom. The summed E-state index contributed by atoms with van der Waals surface area (Å²) in [7, 11) is 0. The molecule has 1 aromatic heterocycles. The van der Waals surface area contributed by atoms with E-state index in [1.54, 1.807) is 0 Å². The molecular weight excluding hydrogens is 266 g/mol. The Labute approximate surface area is 122 Å². The lowest BCUT2D eigenvalue weighted by Crippen LogP contribution is -2.12. The van der Waals surface area contributed by atoms with E-state index in [1.807, 2.05) is 60.7 Å². The first kappa shape index (κ1) is 13.3. The zero-order valence-corrected chi connectivity index (χ0v) is 11.3. The molecule has 3 aromatic rings. The van der Waals surface area contributed by atoms with Gasteiger partial charge in [0.25, 0.3) is 0 Å². The average molecular weight is 281 g/mol. The summed E-state index contributed by atoms with van der Waals surface area (Å²) >= 11 is 0. The predicted molar refractivity (Wildman–Crippen MR) is 79.6 cm³/mol. The number of nitrogens with one attached hydrogen (secondary N) is 1. The van der Waals surface area contributed by atoms with Crippen molar-refractivity contribution < 1.29 is 9.63 Å². The van der Waals surface area contributed by atoms with Crippen molar-refractivity contribution in [1.29, 1.82) is 0 Å². The molecule has 0 aliphatic rings. The zero-order valence-electron chi connectivity index (χ0n) is 11.3. The van der Waals surface area contributed by atoms with Crippen LogP contribution in [0.1, 0.15) is 11.7 Å². The maximum atomic E-state index is 10.1. The summed E-state index contributed by atoms with van der Waals surface area (Å²) in [6, 6.07) is 19.3. The van der Waals surface area contributed by atoms with Crippen LogP contribution in [0.5, 0.6) is 0 Å². The molecule has 0 aliphatic heterocycles. The van der Waals surface area contributed by atoms with E-state index in [9.17, 15) is 5.11 Å². The fourth-order valence-electron chi connectivity index (χ4n) is 1.98. The number of hydrogen-bond donors (Lipinski definition) is 2. The van der Waals surface area contributed by atoms with Crippen LogP contribution in [-0.4, -0.2) is 21.8 Å². The molecule has 0 saturated heterocycles. The van der Waals surface area contributed by atoms with Gasteiger partial charge in [-0.1, -0.05) is 65.8 Å². The molecule has 2 N–H and O–H groups in total. The number of aromatic nitrogens is 2. The molecule has 21 heavy (non-hydrogen) atoms. The lowest BCUT2D eigenvalue weighted by molar-refractivity contribution is 0.190. The van der Waals surface area contributed by atoms with Crippen LogP contribution >= 0.6 is 0 Å². The summed E-state index contributed by atoms with van der Waals surface area (Å²) in [5.41, 5.74) is 1.73. The monoisotopic (exact) mass is 281 g/mol. The molecule has 0 amide bonds. The molecule has 3 rings (SSSR count). The van der Waals surface area contributed by atoms with Crippen LogP contribution in [0.4, 0.5) is 6.01 Å². The molecule has 0 bridgehead atoms. The standard InChI is InChI=1S/C16H15N3O2/c20-14(12-7-3-1-4-8-12)11-17-16-18-15(19-21-16)13-9-5-2-6-10-13/h1-10,14,20H,11H2,(H,17,18,19)/t14-/m0/s1. The molecule has 0 fully saturated rings. The molecule has 5 heteroatoms. The van der Waals surface area contributed by atoms with Crippen LogP contribution < -0.4 is 5.32 Å². The van der Waals surface area contributed by atoms with E-state index in [0.717, 1.165) is 11.1 Å². The summed E-state index contributed by atoms with van der Waals surface area (Å²) in [5, 5.41) is 16.9. The van der Waals surface area contributed by atoms with Crippen LogP contribution in [0, 0.1) is 0 Å². The summed E-state index contributed by atoms with van der Waals surface area (Å²) in [5.74, 6) is 0.521. The van der Waals surface area contributed by atoms with Gasteiger partial charge >= 0.3 is 6.01 Å². The van der Waals surface area contributed by atoms with E-state index < -0.39 is 6.10 Å². The highest BCUT2D eigenvalue weighted by Gasteiger charge is 2.11. The summed E-state index contributed by atoms with van der Waals surface area (Å²) < 4.78 is 5.12. The SMILES string of the molecule is O[C@@H](CNc1nc(-c2ccccc2)no1)c1ccccc1. The van der Waals surface area contributed by atoms with Crippen molar-refractivity contribution in [2.75, 3.05) is 11.9 Å². The third-order valence-electron chi connectivity index (χ3n) is 3.09. The molecule has 1 atom stereocenters. The lowest BCUT2D eigenvalue weighted by Gasteiger charge is -2.10. The third-order valence-corrected chi connectivity index (χ3v) is 3.09. The third kappa shape index (κ3) is 3.27. The molecule has 0 saturated carbocycles. The van der Waals surface area contributed by atoms with Gasteiger partial charge in [0.1, 0.15) is 0 Å². The van der Waals surface area contributed by atoms with Crippen molar-refractivity contribution in [3.05, 3.63) is 66.2 Å². The number of anilines is 1. The van der Waals surface area contributed by atoms with Gasteiger partial charge in [-0.2, -0.15) is 4.98 Å². The first-order valence-electron chi connectivity index (χ1n) is 6.69. The van der Waals surface area contributed by atoms with Gasteiger partial charge in [0, 0.05) is 12.1 Å². The van der Waals surface area contributed by atoms with Crippen molar-refractivity contribution in [2.45, 2.75) is 6.10 Å². The van der Waals surface area contributed by atoms with Gasteiger partial charge in [0.15, 0.2) is 0 Å². The second-order valence-electron chi connectivity index (χ2n) is 4.60. The number of nitrogens with zero attached hydrogens (tertiary/aromatic N) is 2. The van der Waals surface area contributed by atoms with Gasteiger partial charge in [-0.3, -0.25) is 0 Å². The number of aliphatic hydroxyl groups is 1. The van der Waals surface area contributed by atoms with Gasteiger partial charge in [0.05, 0.1) is 6.10 Å². The summed E-state index contributed by atoms with van der Waals surface area (Å²) in [6.45, 7) is 0.306. The van der Waals surface area contributed by atoms with E-state index in [0.29, 0.717) is 18.4 Å². The minimum Gasteiger partial charge on any atom is -0.387 e. The average Bonchev–Trinajstić information content (AvgIpc) is 3.03. The van der Waals surface area contributed by atoms with Crippen molar-refractivity contribution >= 4 is 6.01 Å². The number of benzene rings is 2. The van der Waals surface area contributed by atoms with Crippen molar-refractivity contribution in [3.63, 3.8) is 0 Å². The van der Waals surface area contributed by atoms with Crippen molar-refractivity contribution in [3.8, 4) is 11.4 Å². The van der Waals surface area contributed by atoms with Crippen molar-refractivity contribution in [1.82, 2.24) is 10.1 Å². The normalized spacial score (nSPS) is 12.0. The molecule has 0 aliphatic carbocycles. The Morgan fingerprint density at radius 1 is 1.00 bits per heavy atom. The van der Waals surface area contributed by atoms with Gasteiger partial charge in [0.2, 0.25) is 5.82 Å². The lowest BCUT2D eigenvalue weighted by atomic mass is 10.1. The van der Waals surface area contributed by atoms with Gasteiger partial charge in [-0.15, -0.1) is 0 Å². The molecular formula is C16H15N3O2. The van der Waals surface area contributed by atoms with Gasteiger partial charge in [-0.05, 0) is 5.56 Å². The van der Waals surface area contributed by atoms with Gasteiger partial charge in [-0.25, -0.2) is 0 Å². The Balaban J connectivity index is 1.63. The largest absolute Gasteiger partial charge is 0.387 e. The second kappa shape index (κ2) is 6.19. The highest BCUT2D eigenvalue weighted by Crippen LogP contribution is 2.18. The molecule has 0 radical (unpaired) electrons. The van der Waals surface area contributed by atoms with Gasteiger partial charge < -0.3 is 14.9 Å². The highest BCUT2D eigenvalue weighted by atomic mass is 16.5. The molecule has 1 heterocycles. The maximum absolute atomic E-state index is 10.1. The maximum Gasteiger partial charge on any atom is 0.321 e. The van der Waals surface area contributed by atoms with E-state index in [1.165, 1.54) is 0 Å².